The van der Waals surface area contributed by atoms with Gasteiger partial charge in [0.25, 0.3) is 5.88 Å². The maximum absolute atomic E-state index is 9.17. The summed E-state index contributed by atoms with van der Waals surface area (Å²) in [4.78, 5) is 3.85. The number of benzene rings is 2. The van der Waals surface area contributed by atoms with Gasteiger partial charge in [-0.1, -0.05) is 0 Å². The molecule has 0 aliphatic rings. The molecule has 0 unspecified atom stereocenters. The zero-order chi connectivity index (χ0) is 14.7. The molecule has 0 spiro atoms. The zero-order valence-electron chi connectivity index (χ0n) is 11.3. The lowest BCUT2D eigenvalue weighted by Crippen LogP contribution is -1.86. The second-order valence-electron chi connectivity index (χ2n) is 4.31. The molecular formula is C16H13NO4. The van der Waals surface area contributed by atoms with Crippen LogP contribution in [0.5, 0.6) is 23.1 Å². The molecule has 1 aromatic heterocycles. The van der Waals surface area contributed by atoms with Crippen molar-refractivity contribution in [3.8, 4) is 34.6 Å². The number of oxazole rings is 1. The fourth-order valence-corrected chi connectivity index (χ4v) is 1.84. The molecule has 106 valence electrons. The molecule has 0 fully saturated rings. The minimum absolute atomic E-state index is 0.136. The molecule has 0 saturated carbocycles. The summed E-state index contributed by atoms with van der Waals surface area (Å²) in [6.45, 7) is 0. The van der Waals surface area contributed by atoms with Crippen molar-refractivity contribution in [3.05, 3.63) is 54.8 Å². The Morgan fingerprint density at radius 3 is 2.00 bits per heavy atom. The number of methoxy groups -OCH3 is 1. The minimum atomic E-state index is -0.136. The summed E-state index contributed by atoms with van der Waals surface area (Å²) in [5.74, 6) is 2.42. The Balaban J connectivity index is 1.74. The summed E-state index contributed by atoms with van der Waals surface area (Å²) >= 11 is 0. The van der Waals surface area contributed by atoms with E-state index in [4.69, 9.17) is 19.0 Å². The van der Waals surface area contributed by atoms with Gasteiger partial charge in [0, 0.05) is 5.56 Å². The monoisotopic (exact) mass is 283 g/mol. The van der Waals surface area contributed by atoms with Gasteiger partial charge in [-0.3, -0.25) is 0 Å². The summed E-state index contributed by atoms with van der Waals surface area (Å²) in [5, 5.41) is 9.17. The first-order valence-electron chi connectivity index (χ1n) is 6.31. The molecule has 1 heterocycles. The molecule has 0 atom stereocenters. The largest absolute Gasteiger partial charge is 0.497 e. The average molecular weight is 283 g/mol. The molecule has 5 heteroatoms. The van der Waals surface area contributed by atoms with Crippen LogP contribution in [0.2, 0.25) is 0 Å². The second-order valence-corrected chi connectivity index (χ2v) is 4.31. The number of aromatic nitrogens is 1. The standard InChI is InChI=1S/C16H13NO4/c1-19-12-6-8-14(9-7-12)21-13-4-2-11(3-5-13)16-17-15(18)10-20-16/h2-10,18H,1H3. The SMILES string of the molecule is COc1ccc(Oc2ccc(-c3nc(O)co3)cc2)cc1. The van der Waals surface area contributed by atoms with Crippen molar-refractivity contribution < 1.29 is 19.0 Å². The highest BCUT2D eigenvalue weighted by Crippen LogP contribution is 2.27. The second kappa shape index (κ2) is 5.58. The number of aromatic hydroxyl groups is 1. The van der Waals surface area contributed by atoms with Crippen LogP contribution < -0.4 is 9.47 Å². The summed E-state index contributed by atoms with van der Waals surface area (Å²) < 4.78 is 15.9. The predicted octanol–water partition coefficient (Wildman–Crippen LogP) is 3.85. The molecule has 0 aliphatic carbocycles. The molecule has 5 nitrogen and oxygen atoms in total. The summed E-state index contributed by atoms with van der Waals surface area (Å²) in [6.07, 6.45) is 1.19. The Bertz CT molecular complexity index is 717. The van der Waals surface area contributed by atoms with Crippen molar-refractivity contribution in [3.63, 3.8) is 0 Å². The van der Waals surface area contributed by atoms with E-state index < -0.39 is 0 Å². The van der Waals surface area contributed by atoms with E-state index in [0.717, 1.165) is 17.1 Å². The van der Waals surface area contributed by atoms with E-state index in [1.807, 2.05) is 36.4 Å². The third-order valence-corrected chi connectivity index (χ3v) is 2.89. The zero-order valence-corrected chi connectivity index (χ0v) is 11.3. The molecule has 3 aromatic rings. The maximum atomic E-state index is 9.17. The summed E-state index contributed by atoms with van der Waals surface area (Å²) in [5.41, 5.74) is 0.761. The molecular weight excluding hydrogens is 270 g/mol. The van der Waals surface area contributed by atoms with Crippen LogP contribution in [-0.4, -0.2) is 17.2 Å². The Morgan fingerprint density at radius 1 is 0.905 bits per heavy atom. The van der Waals surface area contributed by atoms with E-state index in [1.54, 1.807) is 19.2 Å². The average Bonchev–Trinajstić information content (AvgIpc) is 2.95. The lowest BCUT2D eigenvalue weighted by molar-refractivity contribution is 0.413. The van der Waals surface area contributed by atoms with E-state index >= 15 is 0 Å². The molecule has 21 heavy (non-hydrogen) atoms. The van der Waals surface area contributed by atoms with Gasteiger partial charge in [-0.15, -0.1) is 0 Å². The van der Waals surface area contributed by atoms with Crippen LogP contribution in [0.4, 0.5) is 0 Å². The van der Waals surface area contributed by atoms with Crippen LogP contribution in [0.1, 0.15) is 0 Å². The van der Waals surface area contributed by atoms with Crippen LogP contribution in [0, 0.1) is 0 Å². The fourth-order valence-electron chi connectivity index (χ4n) is 1.84. The minimum Gasteiger partial charge on any atom is -0.497 e. The lowest BCUT2D eigenvalue weighted by Gasteiger charge is -2.06. The topological polar surface area (TPSA) is 64.7 Å². The smallest absolute Gasteiger partial charge is 0.250 e. The van der Waals surface area contributed by atoms with E-state index in [2.05, 4.69) is 4.98 Å². The van der Waals surface area contributed by atoms with Gasteiger partial charge in [-0.2, -0.15) is 4.98 Å². The highest BCUT2D eigenvalue weighted by Gasteiger charge is 2.06. The molecule has 2 aromatic carbocycles. The first-order chi connectivity index (χ1) is 10.2. The van der Waals surface area contributed by atoms with Crippen LogP contribution in [0.25, 0.3) is 11.5 Å². The highest BCUT2D eigenvalue weighted by atomic mass is 16.5. The number of hydrogen-bond acceptors (Lipinski definition) is 5. The maximum Gasteiger partial charge on any atom is 0.250 e. The van der Waals surface area contributed by atoms with Gasteiger partial charge in [-0.05, 0) is 48.5 Å². The van der Waals surface area contributed by atoms with E-state index in [0.29, 0.717) is 11.6 Å². The van der Waals surface area contributed by atoms with Gasteiger partial charge in [-0.25, -0.2) is 0 Å². The Hall–Kier alpha value is -2.95. The van der Waals surface area contributed by atoms with E-state index in [1.165, 1.54) is 6.26 Å². The molecule has 0 amide bonds. The van der Waals surface area contributed by atoms with Crippen molar-refractivity contribution in [2.75, 3.05) is 7.11 Å². The van der Waals surface area contributed by atoms with Gasteiger partial charge >= 0.3 is 0 Å². The molecule has 0 saturated heterocycles. The van der Waals surface area contributed by atoms with Crippen molar-refractivity contribution in [1.82, 2.24) is 4.98 Å². The summed E-state index contributed by atoms with van der Waals surface area (Å²) in [6, 6.07) is 14.6. The third kappa shape index (κ3) is 2.97. The molecule has 0 aliphatic heterocycles. The Kier molecular flexibility index (Phi) is 3.47. The van der Waals surface area contributed by atoms with Crippen molar-refractivity contribution in [1.29, 1.82) is 0 Å². The molecule has 1 N–H and O–H groups in total. The Labute approximate surface area is 121 Å². The van der Waals surface area contributed by atoms with Crippen LogP contribution in [-0.2, 0) is 0 Å². The number of nitrogens with zero attached hydrogens (tertiary/aromatic N) is 1. The quantitative estimate of drug-likeness (QED) is 0.788. The fraction of sp³-hybridized carbons (Fsp3) is 0.0625. The Morgan fingerprint density at radius 2 is 1.48 bits per heavy atom. The highest BCUT2D eigenvalue weighted by molar-refractivity contribution is 5.55. The number of ether oxygens (including phenoxy) is 2. The van der Waals surface area contributed by atoms with Gasteiger partial charge < -0.3 is 19.0 Å². The first kappa shape index (κ1) is 13.1. The lowest BCUT2D eigenvalue weighted by atomic mass is 10.2. The van der Waals surface area contributed by atoms with E-state index in [-0.39, 0.29) is 5.88 Å². The van der Waals surface area contributed by atoms with Crippen molar-refractivity contribution >= 4 is 0 Å². The van der Waals surface area contributed by atoms with Gasteiger partial charge in [0.15, 0.2) is 6.26 Å². The van der Waals surface area contributed by atoms with E-state index in [9.17, 15) is 0 Å². The molecule has 0 radical (unpaired) electrons. The van der Waals surface area contributed by atoms with Crippen LogP contribution in [0.3, 0.4) is 0 Å². The van der Waals surface area contributed by atoms with Crippen LogP contribution >= 0.6 is 0 Å². The normalized spacial score (nSPS) is 10.3. The van der Waals surface area contributed by atoms with Gasteiger partial charge in [0.2, 0.25) is 5.89 Å². The van der Waals surface area contributed by atoms with Crippen molar-refractivity contribution in [2.45, 2.75) is 0 Å². The predicted molar refractivity (Wildman–Crippen MR) is 76.7 cm³/mol. The van der Waals surface area contributed by atoms with Gasteiger partial charge in [0.05, 0.1) is 7.11 Å². The molecule has 0 bridgehead atoms. The first-order valence-corrected chi connectivity index (χ1v) is 6.31. The number of rotatable bonds is 4. The van der Waals surface area contributed by atoms with Crippen LogP contribution in [0.15, 0.2) is 59.2 Å². The summed E-state index contributed by atoms with van der Waals surface area (Å²) in [7, 11) is 1.62. The number of hydrogen-bond donors (Lipinski definition) is 1. The third-order valence-electron chi connectivity index (χ3n) is 2.89. The molecule has 3 rings (SSSR count). The van der Waals surface area contributed by atoms with Crippen molar-refractivity contribution in [2.24, 2.45) is 0 Å². The van der Waals surface area contributed by atoms with Gasteiger partial charge in [0.1, 0.15) is 17.2 Å².